The Labute approximate surface area is 151 Å². The van der Waals surface area contributed by atoms with Crippen LogP contribution < -0.4 is 4.90 Å². The number of carbonyl (C=O) groups excluding carboxylic acids is 1. The molecule has 0 radical (unpaired) electrons. The molecule has 5 nitrogen and oxygen atoms in total. The van der Waals surface area contributed by atoms with Gasteiger partial charge in [-0.2, -0.15) is 0 Å². The Balaban J connectivity index is 2.23. The first kappa shape index (κ1) is 19.0. The van der Waals surface area contributed by atoms with Crippen LogP contribution in [0, 0.1) is 0 Å². The van der Waals surface area contributed by atoms with E-state index >= 15 is 0 Å². The van der Waals surface area contributed by atoms with Crippen LogP contribution in [-0.2, 0) is 9.53 Å². The topological polar surface area (TPSA) is 45.1 Å². The Hall–Kier alpha value is -2.30. The number of rotatable bonds is 7. The molecule has 0 saturated carbocycles. The molecule has 1 unspecified atom stereocenters. The van der Waals surface area contributed by atoms with Crippen molar-refractivity contribution < 1.29 is 9.53 Å². The Morgan fingerprint density at radius 3 is 2.32 bits per heavy atom. The van der Waals surface area contributed by atoms with Crippen LogP contribution in [0.25, 0.3) is 6.08 Å². The Morgan fingerprint density at radius 2 is 1.80 bits per heavy atom. The minimum Gasteiger partial charge on any atom is -0.420 e. The van der Waals surface area contributed by atoms with Gasteiger partial charge in [-0.15, -0.1) is 0 Å². The predicted octanol–water partition coefficient (Wildman–Crippen LogP) is 3.91. The van der Waals surface area contributed by atoms with Gasteiger partial charge in [0.1, 0.15) is 0 Å². The second kappa shape index (κ2) is 8.70. The maximum absolute atomic E-state index is 12.5. The van der Waals surface area contributed by atoms with Crippen molar-refractivity contribution in [1.29, 1.82) is 0 Å². The molecule has 1 aromatic carbocycles. The summed E-state index contributed by atoms with van der Waals surface area (Å²) in [7, 11) is 0. The van der Waals surface area contributed by atoms with E-state index in [0.29, 0.717) is 18.3 Å². The average molecular weight is 343 g/mol. The first-order valence-corrected chi connectivity index (χ1v) is 9.18. The van der Waals surface area contributed by atoms with E-state index in [0.717, 1.165) is 25.1 Å². The number of carbonyl (C=O) groups is 1. The van der Waals surface area contributed by atoms with Gasteiger partial charge in [0, 0.05) is 25.3 Å². The molecule has 5 heteroatoms. The maximum Gasteiger partial charge on any atom is 0.300 e. The number of nitrogens with zero attached hydrogens (tertiary/aromatic N) is 3. The molecule has 1 aliphatic rings. The van der Waals surface area contributed by atoms with Crippen LogP contribution in [0.1, 0.15) is 46.6 Å². The number of aliphatic imine (C=N–C) groups is 1. The third-order valence-electron chi connectivity index (χ3n) is 4.45. The van der Waals surface area contributed by atoms with Gasteiger partial charge in [0.15, 0.2) is 5.76 Å². The number of ether oxygens (including phenoxy) is 1. The van der Waals surface area contributed by atoms with Crippen molar-refractivity contribution in [2.45, 2.75) is 47.1 Å². The van der Waals surface area contributed by atoms with Crippen LogP contribution in [0.4, 0.5) is 5.69 Å². The van der Waals surface area contributed by atoms with E-state index in [-0.39, 0.29) is 11.9 Å². The number of benzene rings is 1. The zero-order valence-corrected chi connectivity index (χ0v) is 16.0. The molecule has 2 rings (SSSR count). The van der Waals surface area contributed by atoms with E-state index in [2.05, 4.69) is 42.8 Å². The molecule has 0 N–H and O–H groups in total. The molecule has 1 aliphatic heterocycles. The Bertz CT molecular complexity index is 645. The van der Waals surface area contributed by atoms with Crippen LogP contribution in [0.15, 0.2) is 35.0 Å². The average Bonchev–Trinajstić information content (AvgIpc) is 2.91. The second-order valence-electron chi connectivity index (χ2n) is 6.09. The van der Waals surface area contributed by atoms with Gasteiger partial charge >= 0.3 is 6.02 Å². The largest absolute Gasteiger partial charge is 0.420 e. The first-order chi connectivity index (χ1) is 12.0. The van der Waals surface area contributed by atoms with Crippen molar-refractivity contribution in [2.24, 2.45) is 4.99 Å². The molecular formula is C20H29N3O2. The standard InChI is InChI=1S/C20H29N3O2/c1-6-15(5)21-20-23(9-4)19(24)18(25-20)14-16-10-12-17(13-11-16)22(7-2)8-3/h10-15H,6-9H2,1-5H3/b18-14+,21-20+. The number of amides is 1. The zero-order chi connectivity index (χ0) is 18.4. The predicted molar refractivity (Wildman–Crippen MR) is 104 cm³/mol. The fourth-order valence-electron chi connectivity index (χ4n) is 2.68. The minimum atomic E-state index is -0.127. The van der Waals surface area contributed by atoms with Crippen molar-refractivity contribution in [3.05, 3.63) is 35.6 Å². The quantitative estimate of drug-likeness (QED) is 0.705. The molecule has 0 aromatic heterocycles. The molecule has 25 heavy (non-hydrogen) atoms. The highest BCUT2D eigenvalue weighted by molar-refractivity contribution is 6.11. The second-order valence-corrected chi connectivity index (χ2v) is 6.09. The van der Waals surface area contributed by atoms with Crippen LogP contribution in [-0.4, -0.2) is 42.5 Å². The van der Waals surface area contributed by atoms with Crippen molar-refractivity contribution >= 4 is 23.7 Å². The van der Waals surface area contributed by atoms with Crippen LogP contribution in [0.5, 0.6) is 0 Å². The zero-order valence-electron chi connectivity index (χ0n) is 16.0. The van der Waals surface area contributed by atoms with Gasteiger partial charge in [-0.3, -0.25) is 9.69 Å². The Morgan fingerprint density at radius 1 is 1.16 bits per heavy atom. The van der Waals surface area contributed by atoms with E-state index in [1.54, 1.807) is 11.0 Å². The number of hydrogen-bond acceptors (Lipinski definition) is 4. The number of amidine groups is 1. The van der Waals surface area contributed by atoms with Gasteiger partial charge in [-0.1, -0.05) is 19.1 Å². The number of hydrogen-bond donors (Lipinski definition) is 0. The fraction of sp³-hybridized carbons (Fsp3) is 0.500. The number of anilines is 1. The summed E-state index contributed by atoms with van der Waals surface area (Å²) in [4.78, 5) is 20.9. The third kappa shape index (κ3) is 4.41. The molecule has 1 amide bonds. The molecule has 1 heterocycles. The van der Waals surface area contributed by atoms with Crippen LogP contribution >= 0.6 is 0 Å². The third-order valence-corrected chi connectivity index (χ3v) is 4.45. The van der Waals surface area contributed by atoms with Gasteiger partial charge in [-0.25, -0.2) is 4.99 Å². The van der Waals surface area contributed by atoms with Gasteiger partial charge in [-0.05, 0) is 57.9 Å². The van der Waals surface area contributed by atoms with Crippen molar-refractivity contribution in [3.8, 4) is 0 Å². The summed E-state index contributed by atoms with van der Waals surface area (Å²) in [5.41, 5.74) is 2.13. The summed E-state index contributed by atoms with van der Waals surface area (Å²) in [6.07, 6.45) is 2.70. The monoisotopic (exact) mass is 343 g/mol. The molecule has 0 spiro atoms. The van der Waals surface area contributed by atoms with E-state index in [1.165, 1.54) is 5.69 Å². The lowest BCUT2D eigenvalue weighted by molar-refractivity contribution is -0.122. The highest BCUT2D eigenvalue weighted by Gasteiger charge is 2.33. The summed E-state index contributed by atoms with van der Waals surface area (Å²) < 4.78 is 5.75. The smallest absolute Gasteiger partial charge is 0.300 e. The molecule has 1 atom stereocenters. The summed E-state index contributed by atoms with van der Waals surface area (Å²) >= 11 is 0. The van der Waals surface area contributed by atoms with Crippen LogP contribution in [0.3, 0.4) is 0 Å². The van der Waals surface area contributed by atoms with E-state index in [4.69, 9.17) is 4.74 Å². The van der Waals surface area contributed by atoms with Gasteiger partial charge in [0.05, 0.1) is 6.04 Å². The van der Waals surface area contributed by atoms with Crippen molar-refractivity contribution in [1.82, 2.24) is 4.90 Å². The molecule has 0 aliphatic carbocycles. The van der Waals surface area contributed by atoms with E-state index in [9.17, 15) is 4.79 Å². The van der Waals surface area contributed by atoms with Gasteiger partial charge in [0.25, 0.3) is 5.91 Å². The molecule has 136 valence electrons. The molecule has 1 fully saturated rings. The van der Waals surface area contributed by atoms with Gasteiger partial charge < -0.3 is 9.64 Å². The lowest BCUT2D eigenvalue weighted by atomic mass is 10.1. The summed E-state index contributed by atoms with van der Waals surface area (Å²) in [5.74, 6) is 0.205. The SMILES string of the molecule is CCC(C)/N=C1/O/C(=C/c2ccc(N(CC)CC)cc2)C(=O)N1CC. The lowest BCUT2D eigenvalue weighted by Crippen LogP contribution is -2.30. The highest BCUT2D eigenvalue weighted by atomic mass is 16.5. The normalized spacial score (nSPS) is 18.8. The van der Waals surface area contributed by atoms with Crippen molar-refractivity contribution in [3.63, 3.8) is 0 Å². The number of likely N-dealkylation sites (N-methyl/N-ethyl adjacent to an activating group) is 1. The molecule has 1 aromatic rings. The fourth-order valence-corrected chi connectivity index (χ4v) is 2.68. The summed E-state index contributed by atoms with van der Waals surface area (Å²) in [6, 6.07) is 8.71. The molecule has 1 saturated heterocycles. The summed E-state index contributed by atoms with van der Waals surface area (Å²) in [5, 5.41) is 0. The van der Waals surface area contributed by atoms with Crippen LogP contribution in [0.2, 0.25) is 0 Å². The van der Waals surface area contributed by atoms with Gasteiger partial charge in [0.2, 0.25) is 0 Å². The maximum atomic E-state index is 12.5. The van der Waals surface area contributed by atoms with E-state index < -0.39 is 0 Å². The van der Waals surface area contributed by atoms with E-state index in [1.807, 2.05) is 26.0 Å². The van der Waals surface area contributed by atoms with Crippen molar-refractivity contribution in [2.75, 3.05) is 24.5 Å². The minimum absolute atomic E-state index is 0.127. The summed E-state index contributed by atoms with van der Waals surface area (Å²) in [6.45, 7) is 12.8. The molecule has 0 bridgehead atoms. The first-order valence-electron chi connectivity index (χ1n) is 9.18. The highest BCUT2D eigenvalue weighted by Crippen LogP contribution is 2.22. The lowest BCUT2D eigenvalue weighted by Gasteiger charge is -2.20. The molecular weight excluding hydrogens is 314 g/mol. The Kier molecular flexibility index (Phi) is 6.62.